The molecular weight excluding hydrogens is 138 g/mol. The second-order valence-electron chi connectivity index (χ2n) is 1.54. The maximum absolute atomic E-state index is 10.5. The number of carbonyl (C=O) groups is 2. The molecule has 0 rings (SSSR count). The van der Waals surface area contributed by atoms with E-state index in [1.54, 1.807) is 0 Å². The summed E-state index contributed by atoms with van der Waals surface area (Å²) in [4.78, 5) is 25.1. The zero-order valence-electron chi connectivity index (χ0n) is 6.08. The molecular formula is C5H9NO4. The maximum atomic E-state index is 10.5. The first-order chi connectivity index (χ1) is 4.57. The summed E-state index contributed by atoms with van der Waals surface area (Å²) in [6.45, 7) is 1.14. The van der Waals surface area contributed by atoms with Crippen molar-refractivity contribution in [3.63, 3.8) is 0 Å². The highest BCUT2D eigenvalue weighted by atomic mass is 16.7. The van der Waals surface area contributed by atoms with Crippen LogP contribution in [0.5, 0.6) is 0 Å². The molecule has 0 fully saturated rings. The van der Waals surface area contributed by atoms with Crippen LogP contribution in [0.25, 0.3) is 0 Å². The molecule has 0 aromatic rings. The van der Waals surface area contributed by atoms with Crippen LogP contribution >= 0.6 is 0 Å². The molecule has 0 N–H and O–H groups in total. The molecule has 0 bridgehead atoms. The van der Waals surface area contributed by atoms with E-state index < -0.39 is 12.1 Å². The summed E-state index contributed by atoms with van der Waals surface area (Å²) in [5, 5.41) is 0.807. The van der Waals surface area contributed by atoms with Crippen molar-refractivity contribution >= 4 is 12.1 Å². The first kappa shape index (κ1) is 8.90. The van der Waals surface area contributed by atoms with Crippen molar-refractivity contribution in [1.82, 2.24) is 5.06 Å². The molecule has 0 aliphatic carbocycles. The number of hydrogen-bond donors (Lipinski definition) is 0. The monoisotopic (exact) mass is 147 g/mol. The van der Waals surface area contributed by atoms with Gasteiger partial charge in [0.25, 0.3) is 0 Å². The average Bonchev–Trinajstić information content (AvgIpc) is 1.85. The molecule has 0 aromatic carbocycles. The zero-order chi connectivity index (χ0) is 8.15. The first-order valence-electron chi connectivity index (χ1n) is 2.58. The Hall–Kier alpha value is -1.10. The van der Waals surface area contributed by atoms with E-state index in [0.717, 1.165) is 12.0 Å². The second kappa shape index (κ2) is 3.84. The third-order valence-corrected chi connectivity index (χ3v) is 0.762. The minimum absolute atomic E-state index is 0.658. The Morgan fingerprint density at radius 3 is 2.20 bits per heavy atom. The lowest BCUT2D eigenvalue weighted by Gasteiger charge is -2.10. The SMILES string of the molecule is CON(C)C(=O)OC(C)=O. The molecule has 1 amide bonds. The average molecular weight is 147 g/mol. The van der Waals surface area contributed by atoms with Gasteiger partial charge < -0.3 is 4.74 Å². The van der Waals surface area contributed by atoms with E-state index in [9.17, 15) is 9.59 Å². The van der Waals surface area contributed by atoms with Crippen molar-refractivity contribution in [2.75, 3.05) is 14.2 Å². The van der Waals surface area contributed by atoms with Gasteiger partial charge in [-0.1, -0.05) is 0 Å². The fraction of sp³-hybridized carbons (Fsp3) is 0.600. The van der Waals surface area contributed by atoms with E-state index in [0.29, 0.717) is 0 Å². The third-order valence-electron chi connectivity index (χ3n) is 0.762. The molecule has 0 saturated heterocycles. The van der Waals surface area contributed by atoms with Crippen LogP contribution in [-0.2, 0) is 14.4 Å². The van der Waals surface area contributed by atoms with E-state index in [2.05, 4.69) is 9.57 Å². The van der Waals surface area contributed by atoms with Crippen molar-refractivity contribution in [3.05, 3.63) is 0 Å². The highest BCUT2D eigenvalue weighted by Gasteiger charge is 2.10. The second-order valence-corrected chi connectivity index (χ2v) is 1.54. The molecule has 0 spiro atoms. The van der Waals surface area contributed by atoms with Gasteiger partial charge in [0.05, 0.1) is 7.11 Å². The van der Waals surface area contributed by atoms with Crippen LogP contribution in [0.3, 0.4) is 0 Å². The Bertz CT molecular complexity index is 145. The van der Waals surface area contributed by atoms with E-state index in [4.69, 9.17) is 0 Å². The summed E-state index contributed by atoms with van der Waals surface area (Å²) in [5.74, 6) is -0.658. The number of ether oxygens (including phenoxy) is 1. The predicted molar refractivity (Wildman–Crippen MR) is 31.9 cm³/mol. The molecule has 0 radical (unpaired) electrons. The molecule has 0 atom stereocenters. The van der Waals surface area contributed by atoms with E-state index in [-0.39, 0.29) is 0 Å². The Balaban J connectivity index is 3.73. The number of amides is 1. The van der Waals surface area contributed by atoms with Gasteiger partial charge in [0.1, 0.15) is 0 Å². The summed E-state index contributed by atoms with van der Waals surface area (Å²) in [5.41, 5.74) is 0. The molecule has 0 heterocycles. The van der Waals surface area contributed by atoms with Crippen molar-refractivity contribution < 1.29 is 19.2 Å². The minimum Gasteiger partial charge on any atom is -0.375 e. The van der Waals surface area contributed by atoms with Gasteiger partial charge in [0.2, 0.25) is 0 Å². The van der Waals surface area contributed by atoms with Gasteiger partial charge in [-0.2, -0.15) is 5.06 Å². The number of esters is 1. The zero-order valence-corrected chi connectivity index (χ0v) is 6.08. The largest absolute Gasteiger partial charge is 0.441 e. The number of rotatable bonds is 1. The van der Waals surface area contributed by atoms with Crippen molar-refractivity contribution in [2.45, 2.75) is 6.92 Å². The quantitative estimate of drug-likeness (QED) is 0.301. The summed E-state index contributed by atoms with van der Waals surface area (Å²) in [6.07, 6.45) is -0.824. The van der Waals surface area contributed by atoms with Crippen LogP contribution in [0.1, 0.15) is 6.92 Å². The fourth-order valence-corrected chi connectivity index (χ4v) is 0.262. The van der Waals surface area contributed by atoms with Crippen LogP contribution in [0.2, 0.25) is 0 Å². The van der Waals surface area contributed by atoms with Crippen LogP contribution in [-0.4, -0.2) is 31.3 Å². The molecule has 0 aliphatic heterocycles. The van der Waals surface area contributed by atoms with Gasteiger partial charge in [-0.15, -0.1) is 0 Å². The van der Waals surface area contributed by atoms with Gasteiger partial charge >= 0.3 is 12.1 Å². The van der Waals surface area contributed by atoms with Gasteiger partial charge in [0.15, 0.2) is 0 Å². The van der Waals surface area contributed by atoms with Crippen LogP contribution in [0, 0.1) is 0 Å². The molecule has 0 aromatic heterocycles. The van der Waals surface area contributed by atoms with E-state index >= 15 is 0 Å². The first-order valence-corrected chi connectivity index (χ1v) is 2.58. The van der Waals surface area contributed by atoms with Gasteiger partial charge in [-0.3, -0.25) is 9.63 Å². The van der Waals surface area contributed by atoms with E-state index in [1.807, 2.05) is 0 Å². The van der Waals surface area contributed by atoms with Crippen molar-refractivity contribution in [2.24, 2.45) is 0 Å². The highest BCUT2D eigenvalue weighted by molar-refractivity contribution is 5.82. The Morgan fingerprint density at radius 1 is 1.40 bits per heavy atom. The summed E-state index contributed by atoms with van der Waals surface area (Å²) in [6, 6.07) is 0. The highest BCUT2D eigenvalue weighted by Crippen LogP contribution is 1.88. The summed E-state index contributed by atoms with van der Waals surface area (Å²) >= 11 is 0. The topological polar surface area (TPSA) is 55.8 Å². The van der Waals surface area contributed by atoms with Gasteiger partial charge in [0, 0.05) is 14.0 Å². The number of hydrogen-bond acceptors (Lipinski definition) is 4. The summed E-state index contributed by atoms with van der Waals surface area (Å²) in [7, 11) is 2.63. The molecule has 58 valence electrons. The van der Waals surface area contributed by atoms with Crippen molar-refractivity contribution in [1.29, 1.82) is 0 Å². The van der Waals surface area contributed by atoms with Crippen LogP contribution in [0.15, 0.2) is 0 Å². The number of hydroxylamine groups is 2. The molecule has 5 nitrogen and oxygen atoms in total. The molecule has 10 heavy (non-hydrogen) atoms. The van der Waals surface area contributed by atoms with Gasteiger partial charge in [-0.25, -0.2) is 4.79 Å². The maximum Gasteiger partial charge on any atom is 0.441 e. The fourth-order valence-electron chi connectivity index (χ4n) is 0.262. The predicted octanol–water partition coefficient (Wildman–Crippen LogP) is 0.163. The standard InChI is InChI=1S/C5H9NO4/c1-4(7)10-5(8)6(2)9-3/h1-3H3. The lowest BCUT2D eigenvalue weighted by molar-refractivity contribution is -0.143. The minimum atomic E-state index is -0.824. The third kappa shape index (κ3) is 3.03. The smallest absolute Gasteiger partial charge is 0.375 e. The molecule has 0 aliphatic rings. The molecule has 0 saturated carbocycles. The summed E-state index contributed by atoms with van der Waals surface area (Å²) < 4.78 is 4.13. The van der Waals surface area contributed by atoms with Crippen LogP contribution in [0.4, 0.5) is 4.79 Å². The van der Waals surface area contributed by atoms with E-state index in [1.165, 1.54) is 14.2 Å². The van der Waals surface area contributed by atoms with Crippen LogP contribution < -0.4 is 0 Å². The Morgan fingerprint density at radius 2 is 1.90 bits per heavy atom. The molecule has 5 heteroatoms. The normalized spacial score (nSPS) is 8.70. The molecule has 0 unspecified atom stereocenters. The Labute approximate surface area is 58.5 Å². The Kier molecular flexibility index (Phi) is 3.42. The number of carbonyl (C=O) groups excluding carboxylic acids is 2. The lowest BCUT2D eigenvalue weighted by Crippen LogP contribution is -2.27. The lowest BCUT2D eigenvalue weighted by atomic mass is 10.8. The number of nitrogens with zero attached hydrogens (tertiary/aromatic N) is 1. The van der Waals surface area contributed by atoms with Crippen molar-refractivity contribution in [3.8, 4) is 0 Å². The van der Waals surface area contributed by atoms with Gasteiger partial charge in [-0.05, 0) is 0 Å².